The van der Waals surface area contributed by atoms with Gasteiger partial charge in [-0.25, -0.2) is 0 Å². The summed E-state index contributed by atoms with van der Waals surface area (Å²) in [5.41, 5.74) is 4.75. The molecule has 1 nitrogen and oxygen atoms in total. The van der Waals surface area contributed by atoms with Crippen molar-refractivity contribution >= 4 is 17.0 Å². The summed E-state index contributed by atoms with van der Waals surface area (Å²) in [5, 5.41) is 3.23. The third-order valence-corrected chi connectivity index (χ3v) is 20.2. The molecule has 0 radical (unpaired) electrons. The van der Waals surface area contributed by atoms with Crippen LogP contribution in [-0.4, -0.2) is 12.7 Å². The van der Waals surface area contributed by atoms with Gasteiger partial charge in [0, 0.05) is 0 Å². The van der Waals surface area contributed by atoms with Crippen LogP contribution < -0.4 is 14.2 Å². The number of rotatable bonds is 6. The van der Waals surface area contributed by atoms with Crippen molar-refractivity contribution in [2.45, 2.75) is 46.6 Å². The first kappa shape index (κ1) is 19.1. The van der Waals surface area contributed by atoms with Gasteiger partial charge in [0.25, 0.3) is 0 Å². The molecule has 1 N–H and O–H groups in total. The van der Waals surface area contributed by atoms with E-state index in [1.165, 1.54) is 12.8 Å². The fourth-order valence-electron chi connectivity index (χ4n) is 4.38. The Hall–Kier alpha value is -1.19. The Morgan fingerprint density at radius 2 is 1.33 bits per heavy atom. The van der Waals surface area contributed by atoms with Crippen LogP contribution in [0.1, 0.15) is 40.5 Å². The summed E-state index contributed by atoms with van der Waals surface area (Å²) >= 11 is -1.67. The average Bonchev–Trinajstić information content (AvgIpc) is 3.49. The zero-order chi connectivity index (χ0) is 19.0. The summed E-state index contributed by atoms with van der Waals surface area (Å²) in [7, 11) is 0. The van der Waals surface area contributed by atoms with Gasteiger partial charge in [0.2, 0.25) is 0 Å². The third kappa shape index (κ3) is 3.86. The zero-order valence-electron chi connectivity index (χ0n) is 16.9. The van der Waals surface area contributed by atoms with E-state index in [4.69, 9.17) is 0 Å². The number of benzene rings is 2. The van der Waals surface area contributed by atoms with Crippen LogP contribution in [0.15, 0.2) is 81.3 Å². The van der Waals surface area contributed by atoms with Crippen LogP contribution in [0.3, 0.4) is 0 Å². The Bertz CT molecular complexity index is 828. The molecule has 1 saturated carbocycles. The summed E-state index contributed by atoms with van der Waals surface area (Å²) in [5.74, 6) is 0.619. The van der Waals surface area contributed by atoms with E-state index >= 15 is 0 Å². The monoisotopic (exact) mass is 408 g/mol. The molecular formula is C24H30NSiTi. The van der Waals surface area contributed by atoms with E-state index in [2.05, 4.69) is 92.2 Å². The van der Waals surface area contributed by atoms with Gasteiger partial charge in [0.05, 0.1) is 0 Å². The van der Waals surface area contributed by atoms with Gasteiger partial charge in [0.1, 0.15) is 0 Å². The molecule has 2 aliphatic rings. The molecule has 2 aromatic rings. The minimum atomic E-state index is -1.67. The molecule has 1 unspecified atom stereocenters. The van der Waals surface area contributed by atoms with Gasteiger partial charge < -0.3 is 0 Å². The van der Waals surface area contributed by atoms with Crippen molar-refractivity contribution in [3.8, 4) is 0 Å². The first-order valence-electron chi connectivity index (χ1n) is 10.2. The molecule has 2 aliphatic carbocycles. The van der Waals surface area contributed by atoms with Crippen LogP contribution in [0.2, 0.25) is 0 Å². The average molecular weight is 408 g/mol. The van der Waals surface area contributed by atoms with Crippen LogP contribution in [0.4, 0.5) is 0 Å². The van der Waals surface area contributed by atoms with Crippen molar-refractivity contribution in [2.75, 3.05) is 0 Å². The first-order valence-corrected chi connectivity index (χ1v) is 16.2. The molecule has 1 fully saturated rings. The van der Waals surface area contributed by atoms with E-state index in [9.17, 15) is 0 Å². The predicted molar refractivity (Wildman–Crippen MR) is 116 cm³/mol. The molecule has 0 bridgehead atoms. The molecule has 27 heavy (non-hydrogen) atoms. The van der Waals surface area contributed by atoms with Crippen molar-refractivity contribution in [3.05, 3.63) is 81.3 Å². The summed E-state index contributed by atoms with van der Waals surface area (Å²) in [6, 6.07) is 23.6. The summed E-state index contributed by atoms with van der Waals surface area (Å²) in [6.07, 6.45) is 2.74. The van der Waals surface area contributed by atoms with Crippen LogP contribution in [0, 0.1) is 5.92 Å². The van der Waals surface area contributed by atoms with Crippen molar-refractivity contribution in [1.82, 2.24) is 3.80 Å². The number of hydrogen-bond donors (Lipinski definition) is 1. The molecule has 0 spiro atoms. The van der Waals surface area contributed by atoms with Crippen molar-refractivity contribution < 1.29 is 17.4 Å². The molecule has 0 amide bonds. The Morgan fingerprint density at radius 3 is 1.74 bits per heavy atom. The fraction of sp³-hybridized carbons (Fsp3) is 0.333. The van der Waals surface area contributed by atoms with Gasteiger partial charge in [-0.05, 0) is 0 Å². The van der Waals surface area contributed by atoms with Gasteiger partial charge in [-0.1, -0.05) is 0 Å². The second-order valence-corrected chi connectivity index (χ2v) is 18.0. The molecule has 3 heteroatoms. The standard InChI is InChI=1S/C12H11Si.C9H13.C3H6N.Ti/c1-3-7-11(8-4-1)13-12-9-5-2-6-10-12;1-6-5-7(2)9(4)8(6)3;4-3-1-2-3;/h1-10,13H;6H,1-4H3;3-4H,1-2H2;/q;;-1;+1. The van der Waals surface area contributed by atoms with Gasteiger partial charge >= 0.3 is 172 Å². The van der Waals surface area contributed by atoms with Crippen LogP contribution in [0.5, 0.6) is 0 Å². The second-order valence-electron chi connectivity index (χ2n) is 8.16. The van der Waals surface area contributed by atoms with E-state index in [1.807, 2.05) is 3.88 Å². The summed E-state index contributed by atoms with van der Waals surface area (Å²) < 4.78 is 6.10. The molecule has 0 saturated heterocycles. The normalized spacial score (nSPS) is 20.0. The Kier molecular flexibility index (Phi) is 5.70. The quantitative estimate of drug-likeness (QED) is 0.711. The van der Waals surface area contributed by atoms with Gasteiger partial charge in [0.15, 0.2) is 0 Å². The van der Waals surface area contributed by atoms with E-state index in [0.717, 1.165) is 6.04 Å². The summed E-state index contributed by atoms with van der Waals surface area (Å²) in [4.78, 5) is 0. The van der Waals surface area contributed by atoms with E-state index in [1.54, 1.807) is 27.1 Å². The molecule has 0 aliphatic heterocycles. The van der Waals surface area contributed by atoms with Crippen molar-refractivity contribution in [1.29, 1.82) is 0 Å². The van der Waals surface area contributed by atoms with Crippen molar-refractivity contribution in [3.63, 3.8) is 0 Å². The number of nitrogens with one attached hydrogen (secondary N) is 1. The maximum atomic E-state index is 4.28. The van der Waals surface area contributed by atoms with Crippen LogP contribution >= 0.6 is 0 Å². The molecular weight excluding hydrogens is 378 g/mol. The summed E-state index contributed by atoms with van der Waals surface area (Å²) in [6.45, 7) is 8.24. The Balaban J connectivity index is 1.84. The SMILES string of the molecule is CC1=C(C)C(C)[C]([Ti]([NH]C2CC2)[SiH](c2ccccc2)c2ccccc2)=C1C. The topological polar surface area (TPSA) is 12.0 Å². The molecule has 4 rings (SSSR count). The molecule has 0 heterocycles. The molecule has 139 valence electrons. The number of allylic oxidation sites excluding steroid dienone is 4. The van der Waals surface area contributed by atoms with Gasteiger partial charge in [-0.3, -0.25) is 0 Å². The minimum absolute atomic E-state index is 0.619. The van der Waals surface area contributed by atoms with Gasteiger partial charge in [-0.15, -0.1) is 0 Å². The fourth-order valence-corrected chi connectivity index (χ4v) is 20.6. The van der Waals surface area contributed by atoms with E-state index in [0.29, 0.717) is 5.92 Å². The Morgan fingerprint density at radius 1 is 0.815 bits per heavy atom. The molecule has 1 atom stereocenters. The van der Waals surface area contributed by atoms with Gasteiger partial charge in [-0.2, -0.15) is 0 Å². The van der Waals surface area contributed by atoms with Crippen LogP contribution in [0.25, 0.3) is 0 Å². The number of hydrogen-bond acceptors (Lipinski definition) is 1. The molecule has 2 aromatic carbocycles. The molecule has 0 aromatic heterocycles. The third-order valence-electron chi connectivity index (χ3n) is 6.42. The van der Waals surface area contributed by atoms with Crippen molar-refractivity contribution in [2.24, 2.45) is 5.92 Å². The predicted octanol–water partition coefficient (Wildman–Crippen LogP) is 4.07. The van der Waals surface area contributed by atoms with Crippen LogP contribution in [-0.2, 0) is 17.4 Å². The van der Waals surface area contributed by atoms with E-state index < -0.39 is 24.0 Å². The Labute approximate surface area is 171 Å². The first-order chi connectivity index (χ1) is 13.1. The van der Waals surface area contributed by atoms with E-state index in [-0.39, 0.29) is 0 Å². The maximum absolute atomic E-state index is 4.28. The second kappa shape index (κ2) is 8.05. The zero-order valence-corrected chi connectivity index (χ0v) is 19.6.